The van der Waals surface area contributed by atoms with Gasteiger partial charge in [0.1, 0.15) is 5.82 Å². The first-order valence-electron chi connectivity index (χ1n) is 9.43. The average molecular weight is 368 g/mol. The highest BCUT2D eigenvalue weighted by atomic mass is 19.1. The summed E-state index contributed by atoms with van der Waals surface area (Å²) in [6.07, 6.45) is 1.15. The monoisotopic (exact) mass is 368 g/mol. The van der Waals surface area contributed by atoms with Gasteiger partial charge in [0.25, 0.3) is 5.91 Å². The first-order valence-corrected chi connectivity index (χ1v) is 9.43. The number of rotatable bonds is 4. The van der Waals surface area contributed by atoms with Gasteiger partial charge in [-0.15, -0.1) is 0 Å². The summed E-state index contributed by atoms with van der Waals surface area (Å²) in [5, 5.41) is 0. The van der Waals surface area contributed by atoms with Crippen molar-refractivity contribution in [2.24, 2.45) is 0 Å². The number of benzene rings is 2. The van der Waals surface area contributed by atoms with Gasteiger partial charge in [-0.2, -0.15) is 0 Å². The third-order valence-corrected chi connectivity index (χ3v) is 5.09. The minimum atomic E-state index is -0.503. The molecule has 2 aromatic carbocycles. The molecule has 1 atom stereocenters. The van der Waals surface area contributed by atoms with E-state index in [2.05, 4.69) is 6.92 Å². The lowest BCUT2D eigenvalue weighted by Gasteiger charge is -2.23. The molecular weight excluding hydrogens is 343 g/mol. The quantitative estimate of drug-likeness (QED) is 0.826. The Morgan fingerprint density at radius 1 is 0.926 bits per heavy atom. The lowest BCUT2D eigenvalue weighted by Crippen LogP contribution is -2.37. The van der Waals surface area contributed by atoms with Gasteiger partial charge in [-0.3, -0.25) is 9.59 Å². The van der Waals surface area contributed by atoms with Crippen molar-refractivity contribution in [2.75, 3.05) is 26.2 Å². The van der Waals surface area contributed by atoms with Crippen LogP contribution in [0.15, 0.2) is 54.6 Å². The number of nitrogens with zero attached hydrogens (tertiary/aromatic N) is 2. The van der Waals surface area contributed by atoms with Crippen molar-refractivity contribution >= 4 is 11.8 Å². The predicted molar refractivity (Wildman–Crippen MR) is 103 cm³/mol. The Kier molecular flexibility index (Phi) is 6.22. The van der Waals surface area contributed by atoms with Crippen LogP contribution in [0.2, 0.25) is 0 Å². The van der Waals surface area contributed by atoms with Crippen molar-refractivity contribution in [3.05, 3.63) is 71.5 Å². The molecule has 2 aromatic rings. The molecule has 0 aromatic heterocycles. The Morgan fingerprint density at radius 2 is 1.56 bits per heavy atom. The van der Waals surface area contributed by atoms with E-state index in [9.17, 15) is 14.0 Å². The van der Waals surface area contributed by atoms with Crippen LogP contribution < -0.4 is 0 Å². The highest BCUT2D eigenvalue weighted by Crippen LogP contribution is 2.20. The van der Waals surface area contributed by atoms with E-state index < -0.39 is 5.82 Å². The van der Waals surface area contributed by atoms with E-state index >= 15 is 0 Å². The summed E-state index contributed by atoms with van der Waals surface area (Å²) in [5.41, 5.74) is 1.24. The smallest absolute Gasteiger partial charge is 0.256 e. The Hall–Kier alpha value is -2.69. The van der Waals surface area contributed by atoms with Crippen molar-refractivity contribution in [3.8, 4) is 0 Å². The topological polar surface area (TPSA) is 40.6 Å². The van der Waals surface area contributed by atoms with E-state index in [4.69, 9.17) is 0 Å². The number of carbonyl (C=O) groups is 2. The van der Waals surface area contributed by atoms with Crippen LogP contribution in [0, 0.1) is 5.82 Å². The van der Waals surface area contributed by atoms with Crippen LogP contribution in [0.25, 0.3) is 0 Å². The van der Waals surface area contributed by atoms with E-state index in [0.717, 1.165) is 5.56 Å². The molecule has 3 rings (SSSR count). The van der Waals surface area contributed by atoms with Gasteiger partial charge >= 0.3 is 0 Å². The Labute approximate surface area is 159 Å². The first kappa shape index (κ1) is 19.1. The number of halogens is 1. The van der Waals surface area contributed by atoms with E-state index in [1.54, 1.807) is 17.0 Å². The number of amides is 2. The highest BCUT2D eigenvalue weighted by Gasteiger charge is 2.25. The van der Waals surface area contributed by atoms with Crippen LogP contribution >= 0.6 is 0 Å². The minimum absolute atomic E-state index is 0.0926. The van der Waals surface area contributed by atoms with Crippen LogP contribution in [0.1, 0.15) is 41.6 Å². The third-order valence-electron chi connectivity index (χ3n) is 5.09. The molecule has 1 saturated heterocycles. The average Bonchev–Trinajstić information content (AvgIpc) is 2.95. The maximum atomic E-state index is 13.9. The van der Waals surface area contributed by atoms with Crippen molar-refractivity contribution < 1.29 is 14.0 Å². The van der Waals surface area contributed by atoms with E-state index in [0.29, 0.717) is 39.0 Å². The van der Waals surface area contributed by atoms with Gasteiger partial charge in [-0.25, -0.2) is 4.39 Å². The van der Waals surface area contributed by atoms with E-state index in [1.807, 2.05) is 35.2 Å². The predicted octanol–water partition coefficient (Wildman–Crippen LogP) is 3.69. The summed E-state index contributed by atoms with van der Waals surface area (Å²) in [6.45, 7) is 4.13. The lowest BCUT2D eigenvalue weighted by atomic mass is 9.97. The maximum absolute atomic E-state index is 13.9. The lowest BCUT2D eigenvalue weighted by molar-refractivity contribution is -0.131. The van der Waals surface area contributed by atoms with Crippen molar-refractivity contribution in [2.45, 2.75) is 25.7 Å². The van der Waals surface area contributed by atoms with Crippen LogP contribution in [-0.2, 0) is 4.79 Å². The number of hydrogen-bond donors (Lipinski definition) is 0. The molecular formula is C22H25FN2O2. The molecule has 0 spiro atoms. The summed E-state index contributed by atoms with van der Waals surface area (Å²) in [4.78, 5) is 28.8. The van der Waals surface area contributed by atoms with Crippen LogP contribution in [0.4, 0.5) is 4.39 Å². The van der Waals surface area contributed by atoms with Gasteiger partial charge < -0.3 is 9.80 Å². The second kappa shape index (κ2) is 8.80. The summed E-state index contributed by atoms with van der Waals surface area (Å²) in [5.74, 6) is -0.555. The van der Waals surface area contributed by atoms with Crippen LogP contribution in [-0.4, -0.2) is 47.8 Å². The zero-order chi connectivity index (χ0) is 19.2. The maximum Gasteiger partial charge on any atom is 0.256 e. The molecule has 0 bridgehead atoms. The third kappa shape index (κ3) is 4.73. The number of hydrogen-bond acceptors (Lipinski definition) is 2. The Balaban J connectivity index is 1.59. The van der Waals surface area contributed by atoms with Gasteiger partial charge in [0.05, 0.1) is 5.56 Å². The van der Waals surface area contributed by atoms with Crippen LogP contribution in [0.3, 0.4) is 0 Å². The first-order chi connectivity index (χ1) is 13.1. The molecule has 5 heteroatoms. The molecule has 0 aliphatic carbocycles. The van der Waals surface area contributed by atoms with Gasteiger partial charge in [0.15, 0.2) is 0 Å². The van der Waals surface area contributed by atoms with Gasteiger partial charge in [-0.1, -0.05) is 49.4 Å². The van der Waals surface area contributed by atoms with Gasteiger partial charge in [-0.05, 0) is 30.0 Å². The zero-order valence-electron chi connectivity index (χ0n) is 15.6. The van der Waals surface area contributed by atoms with Crippen molar-refractivity contribution in [3.63, 3.8) is 0 Å². The Morgan fingerprint density at radius 3 is 2.30 bits per heavy atom. The molecule has 1 unspecified atom stereocenters. The molecule has 1 aliphatic rings. The molecule has 27 heavy (non-hydrogen) atoms. The fraction of sp³-hybridized carbons (Fsp3) is 0.364. The van der Waals surface area contributed by atoms with E-state index in [1.165, 1.54) is 12.1 Å². The van der Waals surface area contributed by atoms with Crippen molar-refractivity contribution in [1.29, 1.82) is 0 Å². The van der Waals surface area contributed by atoms with Gasteiger partial charge in [0.2, 0.25) is 5.91 Å². The molecule has 0 radical (unpaired) electrons. The summed E-state index contributed by atoms with van der Waals surface area (Å²) < 4.78 is 13.9. The largest absolute Gasteiger partial charge is 0.341 e. The fourth-order valence-corrected chi connectivity index (χ4v) is 3.47. The van der Waals surface area contributed by atoms with E-state index in [-0.39, 0.29) is 23.3 Å². The normalized spacial score (nSPS) is 15.9. The highest BCUT2D eigenvalue weighted by molar-refractivity contribution is 5.94. The second-order valence-corrected chi connectivity index (χ2v) is 7.02. The molecule has 0 saturated carbocycles. The molecule has 1 fully saturated rings. The van der Waals surface area contributed by atoms with Crippen LogP contribution in [0.5, 0.6) is 0 Å². The molecule has 0 N–H and O–H groups in total. The number of carbonyl (C=O) groups excluding carboxylic acids is 2. The molecule has 1 heterocycles. The molecule has 2 amide bonds. The molecule has 1 aliphatic heterocycles. The minimum Gasteiger partial charge on any atom is -0.341 e. The second-order valence-electron chi connectivity index (χ2n) is 7.02. The molecule has 142 valence electrons. The SMILES string of the molecule is CC(CC(=O)N1CCCN(C(=O)c2ccccc2F)CC1)c1ccccc1. The summed E-state index contributed by atoms with van der Waals surface area (Å²) in [6, 6.07) is 16.0. The Bertz CT molecular complexity index is 794. The summed E-state index contributed by atoms with van der Waals surface area (Å²) in [7, 11) is 0. The standard InChI is InChI=1S/C22H25FN2O2/c1-17(18-8-3-2-4-9-18)16-21(26)24-12-7-13-25(15-14-24)22(27)19-10-5-6-11-20(19)23/h2-6,8-11,17H,7,12-16H2,1H3. The zero-order valence-corrected chi connectivity index (χ0v) is 15.6. The van der Waals surface area contributed by atoms with Crippen molar-refractivity contribution in [1.82, 2.24) is 9.80 Å². The fourth-order valence-electron chi connectivity index (χ4n) is 3.47. The molecule has 4 nitrogen and oxygen atoms in total. The summed E-state index contributed by atoms with van der Waals surface area (Å²) >= 11 is 0. The van der Waals surface area contributed by atoms with Gasteiger partial charge in [0, 0.05) is 32.6 Å².